The Morgan fingerprint density at radius 1 is 1.06 bits per heavy atom. The minimum Gasteiger partial charge on any atom is -0.486 e. The molecule has 33 heavy (non-hydrogen) atoms. The van der Waals surface area contributed by atoms with Crippen LogP contribution in [0.4, 0.5) is 0 Å². The van der Waals surface area contributed by atoms with E-state index in [-0.39, 0.29) is 6.10 Å². The number of aliphatic hydroxyl groups is 1. The topological polar surface area (TPSA) is 74.3 Å². The highest BCUT2D eigenvalue weighted by Crippen LogP contribution is 2.32. The van der Waals surface area contributed by atoms with Crippen molar-refractivity contribution in [2.24, 2.45) is 0 Å². The van der Waals surface area contributed by atoms with Crippen LogP contribution in [0.3, 0.4) is 0 Å². The van der Waals surface area contributed by atoms with E-state index in [4.69, 9.17) is 14.3 Å². The molecule has 0 aliphatic carbocycles. The standard InChI is InChI=1S/C24H32N2O3.C2H5NO/c1-17-7-6-8-18(2)24(17)19(3)26-13-11-25(12-14-26)15-20(27)23-16-28-21-9-4-5-10-22(21)29-23;1-3-2-4/h4-10,19-20,23,27H,11-16H2,1-3H3;2H,1H3,(H,3,4). The fourth-order valence-corrected chi connectivity index (χ4v) is 4.61. The molecule has 7 heteroatoms. The van der Waals surface area contributed by atoms with Crippen LogP contribution < -0.4 is 14.8 Å². The highest BCUT2D eigenvalue weighted by Gasteiger charge is 2.31. The van der Waals surface area contributed by atoms with Gasteiger partial charge in [-0.25, -0.2) is 0 Å². The van der Waals surface area contributed by atoms with E-state index in [0.717, 1.165) is 37.7 Å². The van der Waals surface area contributed by atoms with Crippen LogP contribution >= 0.6 is 0 Å². The molecule has 7 nitrogen and oxygen atoms in total. The fourth-order valence-electron chi connectivity index (χ4n) is 4.61. The van der Waals surface area contributed by atoms with Gasteiger partial charge in [0.1, 0.15) is 12.7 Å². The smallest absolute Gasteiger partial charge is 0.206 e. The van der Waals surface area contributed by atoms with Gasteiger partial charge in [0.15, 0.2) is 17.6 Å². The van der Waals surface area contributed by atoms with Gasteiger partial charge in [-0.1, -0.05) is 30.3 Å². The van der Waals surface area contributed by atoms with Gasteiger partial charge < -0.3 is 19.9 Å². The maximum atomic E-state index is 10.7. The number of amides is 1. The summed E-state index contributed by atoms with van der Waals surface area (Å²) >= 11 is 0. The van der Waals surface area contributed by atoms with Gasteiger partial charge >= 0.3 is 0 Å². The van der Waals surface area contributed by atoms with Crippen molar-refractivity contribution in [3.8, 4) is 11.5 Å². The molecule has 0 saturated carbocycles. The maximum Gasteiger partial charge on any atom is 0.206 e. The molecule has 1 saturated heterocycles. The molecule has 4 rings (SSSR count). The molecular weight excluding hydrogens is 418 g/mol. The molecule has 0 spiro atoms. The van der Waals surface area contributed by atoms with E-state index in [1.165, 1.54) is 16.7 Å². The molecule has 0 bridgehead atoms. The highest BCUT2D eigenvalue weighted by atomic mass is 16.6. The average molecular weight is 456 g/mol. The SMILES string of the molecule is CNC=O.Cc1cccc(C)c1C(C)N1CCN(CC(O)C2COc3ccccc3O2)CC1. The molecule has 1 fully saturated rings. The molecule has 2 N–H and O–H groups in total. The van der Waals surface area contributed by atoms with Crippen LogP contribution in [0.25, 0.3) is 0 Å². The number of para-hydroxylation sites is 2. The third-order valence-corrected chi connectivity index (χ3v) is 6.44. The summed E-state index contributed by atoms with van der Waals surface area (Å²) in [7, 11) is 1.56. The molecule has 2 aliphatic rings. The normalized spacial score (nSPS) is 20.2. The Balaban J connectivity index is 0.000000709. The molecule has 3 unspecified atom stereocenters. The number of carbonyl (C=O) groups excluding carboxylic acids is 1. The number of nitrogens with one attached hydrogen (secondary N) is 1. The predicted molar refractivity (Wildman–Crippen MR) is 130 cm³/mol. The van der Waals surface area contributed by atoms with E-state index in [2.05, 4.69) is 54.1 Å². The number of benzene rings is 2. The zero-order valence-electron chi connectivity index (χ0n) is 20.2. The molecule has 2 aromatic carbocycles. The number of nitrogens with zero attached hydrogens (tertiary/aromatic N) is 2. The summed E-state index contributed by atoms with van der Waals surface area (Å²) in [6, 6.07) is 14.6. The van der Waals surface area contributed by atoms with Crippen molar-refractivity contribution >= 4 is 6.41 Å². The minimum absolute atomic E-state index is 0.323. The second-order valence-electron chi connectivity index (χ2n) is 8.71. The second kappa shape index (κ2) is 12.0. The maximum absolute atomic E-state index is 10.7. The number of rotatable bonds is 6. The summed E-state index contributed by atoms with van der Waals surface area (Å²) in [5, 5.41) is 13.0. The van der Waals surface area contributed by atoms with E-state index in [9.17, 15) is 5.11 Å². The van der Waals surface area contributed by atoms with Crippen LogP contribution in [0.5, 0.6) is 11.5 Å². The van der Waals surface area contributed by atoms with Crippen molar-refractivity contribution in [3.63, 3.8) is 0 Å². The summed E-state index contributed by atoms with van der Waals surface area (Å²) in [6.07, 6.45) is -0.262. The van der Waals surface area contributed by atoms with E-state index < -0.39 is 6.10 Å². The van der Waals surface area contributed by atoms with Gasteiger partial charge in [0.05, 0.1) is 0 Å². The van der Waals surface area contributed by atoms with Gasteiger partial charge in [-0.15, -0.1) is 0 Å². The van der Waals surface area contributed by atoms with E-state index >= 15 is 0 Å². The third-order valence-electron chi connectivity index (χ3n) is 6.44. The van der Waals surface area contributed by atoms with Crippen LogP contribution in [0, 0.1) is 13.8 Å². The number of piperazine rings is 1. The number of aryl methyl sites for hydroxylation is 2. The van der Waals surface area contributed by atoms with E-state index in [1.54, 1.807) is 7.05 Å². The molecule has 2 aromatic rings. The van der Waals surface area contributed by atoms with Crippen molar-refractivity contribution in [3.05, 3.63) is 59.2 Å². The lowest BCUT2D eigenvalue weighted by molar-refractivity contribution is -0.109. The Morgan fingerprint density at radius 3 is 2.27 bits per heavy atom. The Labute approximate surface area is 197 Å². The lowest BCUT2D eigenvalue weighted by Crippen LogP contribution is -2.52. The predicted octanol–water partition coefficient (Wildman–Crippen LogP) is 2.55. The lowest BCUT2D eigenvalue weighted by Gasteiger charge is -2.40. The molecule has 180 valence electrons. The number of aliphatic hydroxyl groups excluding tert-OH is 1. The first-order chi connectivity index (χ1) is 15.9. The first-order valence-electron chi connectivity index (χ1n) is 11.6. The number of hydrogen-bond donors (Lipinski definition) is 2. The molecule has 2 aliphatic heterocycles. The lowest BCUT2D eigenvalue weighted by atomic mass is 9.95. The number of β-amino-alcohol motifs (C(OH)–C–C–N with tert-alkyl or cyclic N) is 1. The first kappa shape index (κ1) is 25.0. The molecule has 0 radical (unpaired) electrons. The van der Waals surface area contributed by atoms with Gasteiger partial charge in [-0.05, 0) is 49.6 Å². The van der Waals surface area contributed by atoms with Crippen LogP contribution in [-0.2, 0) is 4.79 Å². The molecule has 3 atom stereocenters. The Bertz CT molecular complexity index is 879. The largest absolute Gasteiger partial charge is 0.486 e. The van der Waals surface area contributed by atoms with Gasteiger partial charge in [-0.3, -0.25) is 14.6 Å². The van der Waals surface area contributed by atoms with Gasteiger partial charge in [-0.2, -0.15) is 0 Å². The summed E-state index contributed by atoms with van der Waals surface area (Å²) in [5.41, 5.74) is 4.18. The molecule has 2 heterocycles. The first-order valence-corrected chi connectivity index (χ1v) is 11.6. The monoisotopic (exact) mass is 455 g/mol. The van der Waals surface area contributed by atoms with Crippen molar-refractivity contribution in [2.45, 2.75) is 39.0 Å². The Hall–Kier alpha value is -2.61. The number of hydrogen-bond acceptors (Lipinski definition) is 6. The van der Waals surface area contributed by atoms with Gasteiger partial charge in [0.25, 0.3) is 0 Å². The quantitative estimate of drug-likeness (QED) is 0.652. The van der Waals surface area contributed by atoms with Crippen LogP contribution in [0.1, 0.15) is 29.7 Å². The van der Waals surface area contributed by atoms with Crippen LogP contribution in [0.15, 0.2) is 42.5 Å². The zero-order valence-corrected chi connectivity index (χ0v) is 20.2. The summed E-state index contributed by atoms with van der Waals surface area (Å²) in [4.78, 5) is 13.9. The Kier molecular flexibility index (Phi) is 9.11. The van der Waals surface area contributed by atoms with E-state index in [1.807, 2.05) is 24.3 Å². The zero-order chi connectivity index (χ0) is 23.8. The summed E-state index contributed by atoms with van der Waals surface area (Å²) in [5.74, 6) is 1.47. The van der Waals surface area contributed by atoms with Crippen molar-refractivity contribution in [1.82, 2.24) is 15.1 Å². The number of carbonyl (C=O) groups is 1. The van der Waals surface area contributed by atoms with Crippen LogP contribution in [0.2, 0.25) is 0 Å². The molecule has 0 aromatic heterocycles. The molecule has 1 amide bonds. The second-order valence-corrected chi connectivity index (χ2v) is 8.71. The summed E-state index contributed by atoms with van der Waals surface area (Å²) in [6.45, 7) is 11.6. The third kappa shape index (κ3) is 6.47. The summed E-state index contributed by atoms with van der Waals surface area (Å²) < 4.78 is 11.7. The van der Waals surface area contributed by atoms with Gasteiger partial charge in [0, 0.05) is 45.8 Å². The average Bonchev–Trinajstić information content (AvgIpc) is 2.84. The van der Waals surface area contributed by atoms with Gasteiger partial charge in [0.2, 0.25) is 6.41 Å². The number of ether oxygens (including phenoxy) is 2. The van der Waals surface area contributed by atoms with Crippen molar-refractivity contribution in [2.75, 3.05) is 46.4 Å². The molecular formula is C26H37N3O4. The van der Waals surface area contributed by atoms with Crippen molar-refractivity contribution in [1.29, 1.82) is 0 Å². The van der Waals surface area contributed by atoms with Crippen LogP contribution in [-0.4, -0.2) is 79.9 Å². The van der Waals surface area contributed by atoms with Crippen molar-refractivity contribution < 1.29 is 19.4 Å². The highest BCUT2D eigenvalue weighted by molar-refractivity contribution is 5.44. The fraction of sp³-hybridized carbons (Fsp3) is 0.500. The number of fused-ring (bicyclic) bond motifs is 1. The van der Waals surface area contributed by atoms with E-state index in [0.29, 0.717) is 25.6 Å². The Morgan fingerprint density at radius 2 is 1.67 bits per heavy atom. The minimum atomic E-state index is -0.564.